The average molecular weight is 184 g/mol. The van der Waals surface area contributed by atoms with Gasteiger partial charge < -0.3 is 10.1 Å². The maximum atomic E-state index is 5.87. The Bertz CT molecular complexity index is 199. The minimum Gasteiger partial charge on any atom is -0.357 e. The van der Waals surface area contributed by atoms with E-state index in [4.69, 9.17) is 4.74 Å². The molecule has 0 aromatic carbocycles. The topological polar surface area (TPSA) is 33.3 Å². The Morgan fingerprint density at radius 1 is 1.31 bits per heavy atom. The second-order valence-electron chi connectivity index (χ2n) is 5.05. The summed E-state index contributed by atoms with van der Waals surface area (Å²) in [6.45, 7) is 8.47. The minimum absolute atomic E-state index is 0.124. The Labute approximate surface area is 80.2 Å². The molecule has 0 amide bonds. The standard InChI is InChI=1S/C10H20N2O/c1-9(2)7-13-10(3,12-9)8-5-4-6-11-8/h8,11-12H,4-7H2,1-3H3. The van der Waals surface area contributed by atoms with Gasteiger partial charge in [-0.1, -0.05) is 0 Å². The molecule has 0 radical (unpaired) electrons. The van der Waals surface area contributed by atoms with Gasteiger partial charge in [-0.3, -0.25) is 5.32 Å². The molecule has 2 aliphatic heterocycles. The van der Waals surface area contributed by atoms with Crippen molar-refractivity contribution in [2.24, 2.45) is 0 Å². The predicted molar refractivity (Wildman–Crippen MR) is 52.6 cm³/mol. The van der Waals surface area contributed by atoms with Crippen molar-refractivity contribution in [1.29, 1.82) is 0 Å². The van der Waals surface area contributed by atoms with E-state index in [9.17, 15) is 0 Å². The summed E-state index contributed by atoms with van der Waals surface area (Å²) in [6, 6.07) is 0.481. The highest BCUT2D eigenvalue weighted by molar-refractivity contribution is 5.00. The summed E-state index contributed by atoms with van der Waals surface area (Å²) in [4.78, 5) is 0. The number of hydrogen-bond acceptors (Lipinski definition) is 3. The van der Waals surface area contributed by atoms with Gasteiger partial charge in [0.05, 0.1) is 6.61 Å². The van der Waals surface area contributed by atoms with Gasteiger partial charge in [0.25, 0.3) is 0 Å². The summed E-state index contributed by atoms with van der Waals surface area (Å²) >= 11 is 0. The summed E-state index contributed by atoms with van der Waals surface area (Å²) in [5.74, 6) is 0. The third-order valence-corrected chi connectivity index (χ3v) is 3.04. The van der Waals surface area contributed by atoms with Crippen molar-refractivity contribution in [1.82, 2.24) is 10.6 Å². The molecule has 2 saturated heterocycles. The van der Waals surface area contributed by atoms with Crippen LogP contribution in [0.4, 0.5) is 0 Å². The van der Waals surface area contributed by atoms with Crippen LogP contribution in [0.25, 0.3) is 0 Å². The molecule has 2 fully saturated rings. The highest BCUT2D eigenvalue weighted by Crippen LogP contribution is 2.29. The van der Waals surface area contributed by atoms with Gasteiger partial charge in [-0.25, -0.2) is 0 Å². The van der Waals surface area contributed by atoms with Gasteiger partial charge in [0.2, 0.25) is 0 Å². The van der Waals surface area contributed by atoms with E-state index in [1.165, 1.54) is 12.8 Å². The predicted octanol–water partition coefficient (Wildman–Crippen LogP) is 0.853. The average Bonchev–Trinajstić information content (AvgIpc) is 2.58. The number of rotatable bonds is 1. The quantitative estimate of drug-likeness (QED) is 0.634. The summed E-state index contributed by atoms with van der Waals surface area (Å²) < 4.78 is 5.87. The fraction of sp³-hybridized carbons (Fsp3) is 1.00. The third-order valence-electron chi connectivity index (χ3n) is 3.04. The zero-order valence-corrected chi connectivity index (χ0v) is 8.81. The first-order valence-corrected chi connectivity index (χ1v) is 5.19. The Morgan fingerprint density at radius 2 is 2.08 bits per heavy atom. The molecule has 2 unspecified atom stereocenters. The largest absolute Gasteiger partial charge is 0.357 e. The molecule has 0 aromatic rings. The molecule has 0 aromatic heterocycles. The van der Waals surface area contributed by atoms with Gasteiger partial charge in [0.1, 0.15) is 5.72 Å². The van der Waals surface area contributed by atoms with Gasteiger partial charge in [-0.2, -0.15) is 0 Å². The van der Waals surface area contributed by atoms with Crippen LogP contribution in [0.5, 0.6) is 0 Å². The van der Waals surface area contributed by atoms with Crippen molar-refractivity contribution in [2.45, 2.75) is 50.9 Å². The normalized spacial score (nSPS) is 44.1. The number of hydrogen-bond donors (Lipinski definition) is 2. The molecule has 2 aliphatic rings. The zero-order chi connectivity index (χ0) is 9.53. The minimum atomic E-state index is -0.153. The Balaban J connectivity index is 2.05. The van der Waals surface area contributed by atoms with Crippen LogP contribution in [0, 0.1) is 0 Å². The second-order valence-corrected chi connectivity index (χ2v) is 5.05. The molecule has 0 spiro atoms. The maximum Gasteiger partial charge on any atom is 0.132 e. The van der Waals surface area contributed by atoms with E-state index >= 15 is 0 Å². The molecule has 2 atom stereocenters. The van der Waals surface area contributed by atoms with E-state index in [0.29, 0.717) is 6.04 Å². The Kier molecular flexibility index (Phi) is 2.13. The van der Waals surface area contributed by atoms with Crippen LogP contribution in [0.1, 0.15) is 33.6 Å². The molecule has 0 bridgehead atoms. The van der Waals surface area contributed by atoms with Crippen LogP contribution in [0.2, 0.25) is 0 Å². The lowest BCUT2D eigenvalue weighted by Gasteiger charge is -2.32. The van der Waals surface area contributed by atoms with Crippen molar-refractivity contribution >= 4 is 0 Å². The molecular weight excluding hydrogens is 164 g/mol. The third kappa shape index (κ3) is 1.73. The van der Waals surface area contributed by atoms with Gasteiger partial charge >= 0.3 is 0 Å². The van der Waals surface area contributed by atoms with E-state index in [0.717, 1.165) is 13.2 Å². The molecule has 3 nitrogen and oxygen atoms in total. The summed E-state index contributed by atoms with van der Waals surface area (Å²) in [6.07, 6.45) is 2.49. The molecule has 2 N–H and O–H groups in total. The fourth-order valence-electron chi connectivity index (χ4n) is 2.42. The smallest absolute Gasteiger partial charge is 0.132 e. The molecule has 0 saturated carbocycles. The Morgan fingerprint density at radius 3 is 2.54 bits per heavy atom. The van der Waals surface area contributed by atoms with E-state index < -0.39 is 0 Å². The fourth-order valence-corrected chi connectivity index (χ4v) is 2.42. The van der Waals surface area contributed by atoms with E-state index in [1.54, 1.807) is 0 Å². The molecule has 3 heteroatoms. The molecule has 2 rings (SSSR count). The van der Waals surface area contributed by atoms with Gasteiger partial charge in [0, 0.05) is 11.6 Å². The molecule has 13 heavy (non-hydrogen) atoms. The van der Waals surface area contributed by atoms with Gasteiger partial charge in [0.15, 0.2) is 0 Å². The van der Waals surface area contributed by atoms with Crippen molar-refractivity contribution in [2.75, 3.05) is 13.2 Å². The lowest BCUT2D eigenvalue weighted by Crippen LogP contribution is -2.56. The highest BCUT2D eigenvalue weighted by Gasteiger charge is 2.46. The SMILES string of the molecule is CC1(C)COC(C)(C2CCCN2)N1. The van der Waals surface area contributed by atoms with Gasteiger partial charge in [-0.15, -0.1) is 0 Å². The van der Waals surface area contributed by atoms with Crippen LogP contribution in [0.15, 0.2) is 0 Å². The van der Waals surface area contributed by atoms with Crippen molar-refractivity contribution < 1.29 is 4.74 Å². The van der Waals surface area contributed by atoms with Crippen LogP contribution in [0.3, 0.4) is 0 Å². The van der Waals surface area contributed by atoms with Crippen molar-refractivity contribution in [3.05, 3.63) is 0 Å². The van der Waals surface area contributed by atoms with Crippen LogP contribution >= 0.6 is 0 Å². The van der Waals surface area contributed by atoms with Gasteiger partial charge in [-0.05, 0) is 40.2 Å². The summed E-state index contributed by atoms with van der Waals surface area (Å²) in [5, 5.41) is 7.05. The number of ether oxygens (including phenoxy) is 1. The monoisotopic (exact) mass is 184 g/mol. The van der Waals surface area contributed by atoms with E-state index in [2.05, 4.69) is 31.4 Å². The molecule has 76 valence electrons. The summed E-state index contributed by atoms with van der Waals surface area (Å²) in [7, 11) is 0. The lowest BCUT2D eigenvalue weighted by atomic mass is 10.0. The van der Waals surface area contributed by atoms with Crippen LogP contribution in [-0.4, -0.2) is 30.5 Å². The first kappa shape index (κ1) is 9.44. The van der Waals surface area contributed by atoms with E-state index in [-0.39, 0.29) is 11.3 Å². The molecule has 0 aliphatic carbocycles. The zero-order valence-electron chi connectivity index (χ0n) is 8.81. The number of nitrogens with one attached hydrogen (secondary N) is 2. The summed E-state index contributed by atoms with van der Waals surface area (Å²) in [5.41, 5.74) is -0.0288. The highest BCUT2D eigenvalue weighted by atomic mass is 16.5. The first-order chi connectivity index (χ1) is 6.02. The maximum absolute atomic E-state index is 5.87. The second kappa shape index (κ2) is 2.94. The lowest BCUT2D eigenvalue weighted by molar-refractivity contribution is -0.0203. The van der Waals surface area contributed by atoms with Crippen molar-refractivity contribution in [3.63, 3.8) is 0 Å². The van der Waals surface area contributed by atoms with Crippen LogP contribution < -0.4 is 10.6 Å². The molecule has 2 heterocycles. The Hall–Kier alpha value is -0.120. The van der Waals surface area contributed by atoms with Crippen LogP contribution in [-0.2, 0) is 4.74 Å². The molecular formula is C10H20N2O. The first-order valence-electron chi connectivity index (χ1n) is 5.19. The van der Waals surface area contributed by atoms with Crippen molar-refractivity contribution in [3.8, 4) is 0 Å². The van der Waals surface area contributed by atoms with E-state index in [1.807, 2.05) is 0 Å².